The maximum Gasteiger partial charge on any atom is 0.295 e. The van der Waals surface area contributed by atoms with Gasteiger partial charge in [0.2, 0.25) is 5.78 Å². The Hall–Kier alpha value is -3.52. The summed E-state index contributed by atoms with van der Waals surface area (Å²) in [6, 6.07) is 9.64. The molecule has 1 aliphatic heterocycles. The second-order valence-electron chi connectivity index (χ2n) is 9.71. The van der Waals surface area contributed by atoms with Crippen LogP contribution in [0, 0.1) is 6.92 Å². The summed E-state index contributed by atoms with van der Waals surface area (Å²) in [4.78, 5) is 29.6. The molecule has 8 nitrogen and oxygen atoms in total. The Morgan fingerprint density at radius 2 is 1.69 bits per heavy atom. The molecule has 1 unspecified atom stereocenters. The first-order valence-corrected chi connectivity index (χ1v) is 14.0. The molecule has 1 fully saturated rings. The van der Waals surface area contributed by atoms with Crippen LogP contribution in [-0.2, 0) is 9.59 Å². The number of carbonyl (C=O) groups excluding carboxylic acids is 2. The van der Waals surface area contributed by atoms with Crippen molar-refractivity contribution < 1.29 is 33.8 Å². The van der Waals surface area contributed by atoms with E-state index in [1.165, 1.54) is 16.9 Å². The van der Waals surface area contributed by atoms with Gasteiger partial charge in [0.25, 0.3) is 5.91 Å². The third-order valence-corrected chi connectivity index (χ3v) is 7.23. The minimum atomic E-state index is -0.821. The summed E-state index contributed by atoms with van der Waals surface area (Å²) in [5.41, 5.74) is 1.74. The number of nitrogens with zero attached hydrogens (tertiary/aromatic N) is 1. The lowest BCUT2D eigenvalue weighted by Gasteiger charge is -2.29. The molecule has 1 N–H and O–H groups in total. The number of carbonyl (C=O) groups is 2. The number of amides is 1. The molecular formula is C31H42N2O6. The molecule has 1 heterocycles. The standard InChI is InChI=1S/C31H42N2O6/c1-7-11-18-39-24-14-13-23(19-21(24)5)29(34)27-28(22-12-15-25(38-10-4)26(20-22)37-6)33(31(36)30(27)35)17-16-32(8-2)9-3/h12-15,19-20,28,34H,7-11,16-18H2,1-6H3/b29-27+. The van der Waals surface area contributed by atoms with Crippen molar-refractivity contribution in [2.24, 2.45) is 0 Å². The average molecular weight is 539 g/mol. The van der Waals surface area contributed by atoms with Gasteiger partial charge in [-0.05, 0) is 75.1 Å². The molecule has 212 valence electrons. The van der Waals surface area contributed by atoms with Crippen molar-refractivity contribution in [2.75, 3.05) is 46.5 Å². The molecule has 1 atom stereocenters. The van der Waals surface area contributed by atoms with Crippen LogP contribution in [0.1, 0.15) is 63.3 Å². The Morgan fingerprint density at radius 3 is 2.31 bits per heavy atom. The Kier molecular flexibility index (Phi) is 10.8. The number of rotatable bonds is 14. The first-order chi connectivity index (χ1) is 18.8. The van der Waals surface area contributed by atoms with E-state index in [0.29, 0.717) is 54.7 Å². The summed E-state index contributed by atoms with van der Waals surface area (Å²) >= 11 is 0. The van der Waals surface area contributed by atoms with E-state index in [9.17, 15) is 14.7 Å². The fourth-order valence-electron chi connectivity index (χ4n) is 4.89. The predicted molar refractivity (Wildman–Crippen MR) is 149 cm³/mol. The van der Waals surface area contributed by atoms with Crippen molar-refractivity contribution >= 4 is 17.4 Å². The second-order valence-corrected chi connectivity index (χ2v) is 9.71. The summed E-state index contributed by atoms with van der Waals surface area (Å²) in [6.07, 6.45) is 1.96. The molecule has 8 heteroatoms. The van der Waals surface area contributed by atoms with Crippen LogP contribution in [0.25, 0.3) is 5.76 Å². The van der Waals surface area contributed by atoms with Crippen LogP contribution in [0.15, 0.2) is 42.0 Å². The third-order valence-electron chi connectivity index (χ3n) is 7.23. The Balaban J connectivity index is 2.10. The SMILES string of the molecule is CCCCOc1ccc(/C([O-])=C2\C(=O)C(=O)N(CC[NH+](CC)CC)C2c2ccc(OCC)c(OC)c2)cc1C. The number of methoxy groups -OCH3 is 1. The van der Waals surface area contributed by atoms with Gasteiger partial charge < -0.3 is 29.1 Å². The largest absolute Gasteiger partial charge is 0.872 e. The van der Waals surface area contributed by atoms with E-state index in [-0.39, 0.29) is 5.57 Å². The molecule has 0 bridgehead atoms. The number of quaternary nitrogens is 1. The number of nitrogens with one attached hydrogen (secondary N) is 1. The number of Topliss-reactive ketones (excluding diaryl/α,β-unsaturated/α-hetero) is 1. The fraction of sp³-hybridized carbons (Fsp3) is 0.484. The highest BCUT2D eigenvalue weighted by Crippen LogP contribution is 2.41. The number of hydrogen-bond acceptors (Lipinski definition) is 6. The summed E-state index contributed by atoms with van der Waals surface area (Å²) in [5.74, 6) is -0.123. The van der Waals surface area contributed by atoms with Crippen LogP contribution in [0.4, 0.5) is 0 Å². The van der Waals surface area contributed by atoms with Crippen molar-refractivity contribution in [1.29, 1.82) is 0 Å². The zero-order valence-corrected chi connectivity index (χ0v) is 24.1. The van der Waals surface area contributed by atoms with E-state index in [2.05, 4.69) is 20.8 Å². The summed E-state index contributed by atoms with van der Waals surface area (Å²) in [7, 11) is 1.54. The normalized spacial score (nSPS) is 16.7. The average Bonchev–Trinajstić information content (AvgIpc) is 3.19. The van der Waals surface area contributed by atoms with Gasteiger partial charge in [-0.2, -0.15) is 0 Å². The molecule has 3 rings (SSSR count). The number of benzene rings is 2. The van der Waals surface area contributed by atoms with Crippen molar-refractivity contribution in [3.63, 3.8) is 0 Å². The topological polar surface area (TPSA) is 92.6 Å². The van der Waals surface area contributed by atoms with Crippen LogP contribution >= 0.6 is 0 Å². The molecule has 0 aliphatic carbocycles. The van der Waals surface area contributed by atoms with Gasteiger partial charge in [0.05, 0.1) is 52.5 Å². The first-order valence-electron chi connectivity index (χ1n) is 14.0. The minimum Gasteiger partial charge on any atom is -0.872 e. The Labute approximate surface area is 232 Å². The lowest BCUT2D eigenvalue weighted by molar-refractivity contribution is -0.895. The molecule has 1 saturated heterocycles. The van der Waals surface area contributed by atoms with Crippen molar-refractivity contribution in [1.82, 2.24) is 4.90 Å². The van der Waals surface area contributed by atoms with Gasteiger partial charge in [0.15, 0.2) is 11.5 Å². The van der Waals surface area contributed by atoms with E-state index in [1.807, 2.05) is 13.8 Å². The van der Waals surface area contributed by atoms with E-state index in [0.717, 1.165) is 31.5 Å². The summed E-state index contributed by atoms with van der Waals surface area (Å²) < 4.78 is 17.0. The highest BCUT2D eigenvalue weighted by molar-refractivity contribution is 6.46. The van der Waals surface area contributed by atoms with E-state index in [1.54, 1.807) is 36.4 Å². The third kappa shape index (κ3) is 6.74. The number of aryl methyl sites for hydroxylation is 1. The maximum atomic E-state index is 13.9. The lowest BCUT2D eigenvalue weighted by atomic mass is 9.94. The van der Waals surface area contributed by atoms with Crippen LogP contribution < -0.4 is 24.2 Å². The summed E-state index contributed by atoms with van der Waals surface area (Å²) in [6.45, 7) is 13.9. The van der Waals surface area contributed by atoms with Gasteiger partial charge in [-0.15, -0.1) is 0 Å². The first kappa shape index (κ1) is 30.0. The van der Waals surface area contributed by atoms with E-state index in [4.69, 9.17) is 14.2 Å². The molecule has 2 aromatic carbocycles. The Morgan fingerprint density at radius 1 is 0.974 bits per heavy atom. The predicted octanol–water partition coefficient (Wildman–Crippen LogP) is 2.73. The van der Waals surface area contributed by atoms with Crippen LogP contribution in [0.5, 0.6) is 17.2 Å². The number of ether oxygens (including phenoxy) is 3. The molecule has 1 aliphatic rings. The Bertz CT molecular complexity index is 1190. The zero-order chi connectivity index (χ0) is 28.5. The molecule has 1 amide bonds. The molecular weight excluding hydrogens is 496 g/mol. The fourth-order valence-corrected chi connectivity index (χ4v) is 4.89. The zero-order valence-electron chi connectivity index (χ0n) is 24.1. The number of likely N-dealkylation sites (tertiary alicyclic amines) is 1. The monoisotopic (exact) mass is 538 g/mol. The molecule has 0 saturated carbocycles. The second kappa shape index (κ2) is 14.0. The van der Waals surface area contributed by atoms with Gasteiger partial charge in [-0.25, -0.2) is 0 Å². The summed E-state index contributed by atoms with van der Waals surface area (Å²) in [5, 5.41) is 13.9. The van der Waals surface area contributed by atoms with E-state index >= 15 is 0 Å². The molecule has 2 aromatic rings. The highest BCUT2D eigenvalue weighted by Gasteiger charge is 2.44. The van der Waals surface area contributed by atoms with Gasteiger partial charge in [0.1, 0.15) is 5.75 Å². The lowest BCUT2D eigenvalue weighted by Crippen LogP contribution is -3.12. The van der Waals surface area contributed by atoms with Crippen molar-refractivity contribution in [3.8, 4) is 17.2 Å². The number of unbranched alkanes of at least 4 members (excludes halogenated alkanes) is 1. The van der Waals surface area contributed by atoms with Crippen molar-refractivity contribution in [2.45, 2.75) is 53.5 Å². The smallest absolute Gasteiger partial charge is 0.295 e. The molecule has 39 heavy (non-hydrogen) atoms. The van der Waals surface area contributed by atoms with Gasteiger partial charge >= 0.3 is 0 Å². The maximum absolute atomic E-state index is 13.9. The van der Waals surface area contributed by atoms with Crippen LogP contribution in [0.2, 0.25) is 0 Å². The van der Waals surface area contributed by atoms with Crippen LogP contribution in [0.3, 0.4) is 0 Å². The molecule has 0 spiro atoms. The molecule has 0 aromatic heterocycles. The van der Waals surface area contributed by atoms with Crippen LogP contribution in [-0.4, -0.2) is 63.1 Å². The van der Waals surface area contributed by atoms with Gasteiger partial charge in [-0.3, -0.25) is 9.59 Å². The number of ketones is 1. The quantitative estimate of drug-likeness (QED) is 0.172. The minimum absolute atomic E-state index is 0.0418. The number of likely N-dealkylation sites (N-methyl/N-ethyl adjacent to an activating group) is 1. The van der Waals surface area contributed by atoms with E-state index < -0.39 is 23.5 Å². The number of hydrogen-bond donors (Lipinski definition) is 1. The van der Waals surface area contributed by atoms with Gasteiger partial charge in [-0.1, -0.05) is 31.2 Å². The van der Waals surface area contributed by atoms with Gasteiger partial charge in [0, 0.05) is 5.57 Å². The highest BCUT2D eigenvalue weighted by atomic mass is 16.5. The molecule has 0 radical (unpaired) electrons. The van der Waals surface area contributed by atoms with Crippen molar-refractivity contribution in [3.05, 3.63) is 58.7 Å².